The van der Waals surface area contributed by atoms with E-state index in [2.05, 4.69) is 9.72 Å². The number of ether oxygens (including phenoxy) is 1. The first-order chi connectivity index (χ1) is 5.96. The van der Waals surface area contributed by atoms with Crippen molar-refractivity contribution in [1.82, 2.24) is 4.98 Å². The molecule has 0 atom stereocenters. The number of hydrogen-bond donors (Lipinski definition) is 0. The minimum atomic E-state index is -4.61. The smallest absolute Gasteiger partial charge is 0.435 e. The van der Waals surface area contributed by atoms with Gasteiger partial charge in [0, 0.05) is 0 Å². The van der Waals surface area contributed by atoms with Gasteiger partial charge in [-0.25, -0.2) is 9.78 Å². The fraction of sp³-hybridized carbons (Fsp3) is 0.333. The Hall–Kier alpha value is -1.11. The highest BCUT2D eigenvalue weighted by molar-refractivity contribution is 7.11. The zero-order valence-corrected chi connectivity index (χ0v) is 7.20. The summed E-state index contributed by atoms with van der Waals surface area (Å²) in [6.07, 6.45) is -4.61. The number of carbonyl (C=O) groups excluding carboxylic acids is 1. The lowest BCUT2D eigenvalue weighted by Gasteiger charge is -2.03. The standard InChI is InChI=1S/C6H4F3NO2S/c1-12-5(11)3-4(6(7,8)9)10-2-13-3/h2H,1H3. The number of carbonyl (C=O) groups is 1. The maximum Gasteiger partial charge on any atom is 0.435 e. The van der Waals surface area contributed by atoms with Crippen LogP contribution in [0.25, 0.3) is 0 Å². The molecule has 0 fully saturated rings. The summed E-state index contributed by atoms with van der Waals surface area (Å²) in [6.45, 7) is 0. The van der Waals surface area contributed by atoms with E-state index in [4.69, 9.17) is 0 Å². The van der Waals surface area contributed by atoms with Crippen LogP contribution in [0.4, 0.5) is 13.2 Å². The van der Waals surface area contributed by atoms with Crippen molar-refractivity contribution in [3.63, 3.8) is 0 Å². The molecule has 7 heteroatoms. The van der Waals surface area contributed by atoms with Crippen molar-refractivity contribution in [3.05, 3.63) is 16.1 Å². The first-order valence-corrected chi connectivity index (χ1v) is 3.93. The van der Waals surface area contributed by atoms with Crippen LogP contribution in [-0.4, -0.2) is 18.1 Å². The molecule has 3 nitrogen and oxygen atoms in total. The van der Waals surface area contributed by atoms with Crippen molar-refractivity contribution in [2.24, 2.45) is 0 Å². The van der Waals surface area contributed by atoms with Crippen molar-refractivity contribution < 1.29 is 22.7 Å². The van der Waals surface area contributed by atoms with Crippen LogP contribution >= 0.6 is 11.3 Å². The first-order valence-electron chi connectivity index (χ1n) is 3.06. The molecule has 1 heterocycles. The van der Waals surface area contributed by atoms with Gasteiger partial charge in [0.25, 0.3) is 0 Å². The highest BCUT2D eigenvalue weighted by Gasteiger charge is 2.38. The van der Waals surface area contributed by atoms with E-state index in [-0.39, 0.29) is 0 Å². The molecule has 1 rings (SSSR count). The fourth-order valence-electron chi connectivity index (χ4n) is 0.686. The van der Waals surface area contributed by atoms with E-state index in [1.165, 1.54) is 0 Å². The molecule has 0 aliphatic rings. The molecule has 0 N–H and O–H groups in total. The maximum atomic E-state index is 12.1. The monoisotopic (exact) mass is 211 g/mol. The number of thiazole rings is 1. The zero-order chi connectivity index (χ0) is 10.1. The van der Waals surface area contributed by atoms with Gasteiger partial charge in [0.2, 0.25) is 0 Å². The molecule has 72 valence electrons. The number of aromatic nitrogens is 1. The van der Waals surface area contributed by atoms with E-state index in [0.29, 0.717) is 11.3 Å². The molecule has 0 spiro atoms. The zero-order valence-electron chi connectivity index (χ0n) is 6.38. The Morgan fingerprint density at radius 3 is 2.69 bits per heavy atom. The normalized spacial score (nSPS) is 11.4. The van der Waals surface area contributed by atoms with E-state index in [1.54, 1.807) is 0 Å². The number of methoxy groups -OCH3 is 1. The van der Waals surface area contributed by atoms with Gasteiger partial charge in [0.1, 0.15) is 4.88 Å². The molecule has 0 saturated carbocycles. The summed E-state index contributed by atoms with van der Waals surface area (Å²) in [4.78, 5) is 13.3. The van der Waals surface area contributed by atoms with Gasteiger partial charge in [-0.1, -0.05) is 0 Å². The molecule has 0 aromatic carbocycles. The number of rotatable bonds is 1. The molecule has 13 heavy (non-hydrogen) atoms. The minimum Gasteiger partial charge on any atom is -0.465 e. The van der Waals surface area contributed by atoms with Gasteiger partial charge in [-0.2, -0.15) is 13.2 Å². The van der Waals surface area contributed by atoms with E-state index < -0.39 is 22.7 Å². The molecule has 0 bridgehead atoms. The molecule has 0 unspecified atom stereocenters. The van der Waals surface area contributed by atoms with Crippen molar-refractivity contribution in [2.45, 2.75) is 6.18 Å². The third kappa shape index (κ3) is 1.97. The molecule has 0 aliphatic carbocycles. The van der Waals surface area contributed by atoms with Crippen LogP contribution in [0, 0.1) is 0 Å². The number of nitrogens with zero attached hydrogens (tertiary/aromatic N) is 1. The Bertz CT molecular complexity index is 320. The van der Waals surface area contributed by atoms with E-state index in [0.717, 1.165) is 12.6 Å². The van der Waals surface area contributed by atoms with Gasteiger partial charge in [0.05, 0.1) is 12.6 Å². The molecule has 1 aromatic heterocycles. The molecule has 0 saturated heterocycles. The minimum absolute atomic E-state index is 0.519. The number of hydrogen-bond acceptors (Lipinski definition) is 4. The van der Waals surface area contributed by atoms with Gasteiger partial charge in [-0.3, -0.25) is 0 Å². The van der Waals surface area contributed by atoms with Gasteiger partial charge >= 0.3 is 12.1 Å². The van der Waals surface area contributed by atoms with Crippen molar-refractivity contribution in [3.8, 4) is 0 Å². The summed E-state index contributed by atoms with van der Waals surface area (Å²) in [5.41, 5.74) is -0.237. The van der Waals surface area contributed by atoms with Gasteiger partial charge in [-0.15, -0.1) is 11.3 Å². The molecule has 0 aliphatic heterocycles. The lowest BCUT2D eigenvalue weighted by Crippen LogP contribution is -2.12. The van der Waals surface area contributed by atoms with Crippen LogP contribution in [0.2, 0.25) is 0 Å². The quantitative estimate of drug-likeness (QED) is 0.666. The second kappa shape index (κ2) is 3.33. The second-order valence-corrected chi connectivity index (χ2v) is 2.87. The van der Waals surface area contributed by atoms with Crippen LogP contribution in [-0.2, 0) is 10.9 Å². The summed E-state index contributed by atoms with van der Waals surface area (Å²) < 4.78 is 40.5. The largest absolute Gasteiger partial charge is 0.465 e. The number of halogens is 3. The van der Waals surface area contributed by atoms with E-state index in [9.17, 15) is 18.0 Å². The average Bonchev–Trinajstić information content (AvgIpc) is 2.49. The summed E-state index contributed by atoms with van der Waals surface area (Å²) >= 11 is 0.603. The Morgan fingerprint density at radius 1 is 1.62 bits per heavy atom. The average molecular weight is 211 g/mol. The summed E-state index contributed by atoms with van der Waals surface area (Å²) in [5.74, 6) is -1.02. The van der Waals surface area contributed by atoms with E-state index >= 15 is 0 Å². The van der Waals surface area contributed by atoms with Crippen LogP contribution < -0.4 is 0 Å². The molecular weight excluding hydrogens is 207 g/mol. The van der Waals surface area contributed by atoms with Crippen LogP contribution in [0.3, 0.4) is 0 Å². The highest BCUT2D eigenvalue weighted by atomic mass is 32.1. The molecule has 0 radical (unpaired) electrons. The van der Waals surface area contributed by atoms with E-state index in [1.807, 2.05) is 0 Å². The topological polar surface area (TPSA) is 39.2 Å². The van der Waals surface area contributed by atoms with Gasteiger partial charge in [-0.05, 0) is 0 Å². The number of esters is 1. The summed E-state index contributed by atoms with van der Waals surface area (Å²) in [5, 5.41) is 0. The van der Waals surface area contributed by atoms with Crippen molar-refractivity contribution in [2.75, 3.05) is 7.11 Å². The van der Waals surface area contributed by atoms with Crippen LogP contribution in [0.15, 0.2) is 5.51 Å². The molecule has 0 amide bonds. The number of alkyl halides is 3. The third-order valence-electron chi connectivity index (χ3n) is 1.21. The highest BCUT2D eigenvalue weighted by Crippen LogP contribution is 2.32. The predicted octanol–water partition coefficient (Wildman–Crippen LogP) is 1.95. The lowest BCUT2D eigenvalue weighted by molar-refractivity contribution is -0.141. The van der Waals surface area contributed by atoms with Gasteiger partial charge in [0.15, 0.2) is 5.69 Å². The Morgan fingerprint density at radius 2 is 2.23 bits per heavy atom. The Labute approximate surface area is 75.2 Å². The van der Waals surface area contributed by atoms with Crippen molar-refractivity contribution >= 4 is 17.3 Å². The summed E-state index contributed by atoms with van der Waals surface area (Å²) in [7, 11) is 1.02. The van der Waals surface area contributed by atoms with Crippen LogP contribution in [0.1, 0.15) is 15.4 Å². The van der Waals surface area contributed by atoms with Crippen LogP contribution in [0.5, 0.6) is 0 Å². The first kappa shape index (κ1) is 9.97. The second-order valence-electron chi connectivity index (χ2n) is 2.02. The Kier molecular flexibility index (Phi) is 2.55. The molecule has 1 aromatic rings. The fourth-order valence-corrected chi connectivity index (χ4v) is 1.41. The summed E-state index contributed by atoms with van der Waals surface area (Å²) in [6, 6.07) is 0. The van der Waals surface area contributed by atoms with Crippen molar-refractivity contribution in [1.29, 1.82) is 0 Å². The lowest BCUT2D eigenvalue weighted by atomic mass is 10.3. The maximum absolute atomic E-state index is 12.1. The van der Waals surface area contributed by atoms with Gasteiger partial charge < -0.3 is 4.74 Å². The molecular formula is C6H4F3NO2S. The SMILES string of the molecule is COC(=O)c1scnc1C(F)(F)F. The predicted molar refractivity (Wildman–Crippen MR) is 38.5 cm³/mol. The third-order valence-corrected chi connectivity index (χ3v) is 2.01. The Balaban J connectivity index is 3.10.